The van der Waals surface area contributed by atoms with Crippen molar-refractivity contribution in [3.63, 3.8) is 0 Å². The van der Waals surface area contributed by atoms with Gasteiger partial charge in [0.1, 0.15) is 5.75 Å². The third-order valence-corrected chi connectivity index (χ3v) is 5.94. The van der Waals surface area contributed by atoms with E-state index in [1.807, 2.05) is 9.47 Å². The highest BCUT2D eigenvalue weighted by molar-refractivity contribution is 6.05. The van der Waals surface area contributed by atoms with Crippen LogP contribution in [0.15, 0.2) is 24.3 Å². The Morgan fingerprint density at radius 3 is 2.52 bits per heavy atom. The molecule has 0 unspecified atom stereocenters. The van der Waals surface area contributed by atoms with Crippen LogP contribution >= 0.6 is 0 Å². The molecule has 1 N–H and O–H groups in total. The molecule has 0 bridgehead atoms. The first-order valence-electron chi connectivity index (χ1n) is 10.4. The summed E-state index contributed by atoms with van der Waals surface area (Å²) in [6.07, 6.45) is 4.81. The SMILES string of the molecule is COc1ccc(NC(=O)c2nc(C(=O)N3CCC(C)CC3)n3c2CCCC3)cc1. The number of hydrogen-bond donors (Lipinski definition) is 1. The van der Waals surface area contributed by atoms with Crippen LogP contribution in [0, 0.1) is 5.92 Å². The van der Waals surface area contributed by atoms with E-state index in [0.29, 0.717) is 23.1 Å². The number of imidazole rings is 1. The zero-order chi connectivity index (χ0) is 20.4. The normalized spacial score (nSPS) is 17.0. The minimum Gasteiger partial charge on any atom is -0.497 e. The number of rotatable bonds is 4. The van der Waals surface area contributed by atoms with Gasteiger partial charge in [-0.15, -0.1) is 0 Å². The fourth-order valence-electron chi connectivity index (χ4n) is 4.11. The minimum absolute atomic E-state index is 0.0523. The van der Waals surface area contributed by atoms with Gasteiger partial charge in [0, 0.05) is 25.3 Å². The maximum absolute atomic E-state index is 13.1. The maximum atomic E-state index is 13.1. The van der Waals surface area contributed by atoms with Crippen LogP contribution in [-0.2, 0) is 13.0 Å². The molecule has 0 saturated carbocycles. The Labute approximate surface area is 171 Å². The molecule has 1 aromatic heterocycles. The number of aromatic nitrogens is 2. The number of methoxy groups -OCH3 is 1. The second-order valence-corrected chi connectivity index (χ2v) is 8.00. The molecule has 0 spiro atoms. The number of anilines is 1. The van der Waals surface area contributed by atoms with Crippen molar-refractivity contribution in [1.82, 2.24) is 14.5 Å². The van der Waals surface area contributed by atoms with Gasteiger partial charge >= 0.3 is 0 Å². The lowest BCUT2D eigenvalue weighted by molar-refractivity contribution is 0.0678. The van der Waals surface area contributed by atoms with Crippen LogP contribution in [-0.4, -0.2) is 46.5 Å². The summed E-state index contributed by atoms with van der Waals surface area (Å²) in [5.41, 5.74) is 1.91. The van der Waals surface area contributed by atoms with E-state index in [4.69, 9.17) is 4.74 Å². The molecular formula is C22H28N4O3. The quantitative estimate of drug-likeness (QED) is 0.860. The largest absolute Gasteiger partial charge is 0.497 e. The second-order valence-electron chi connectivity index (χ2n) is 8.00. The van der Waals surface area contributed by atoms with E-state index in [-0.39, 0.29) is 11.8 Å². The summed E-state index contributed by atoms with van der Waals surface area (Å²) in [7, 11) is 1.60. The molecule has 1 aromatic carbocycles. The fourth-order valence-corrected chi connectivity index (χ4v) is 4.11. The van der Waals surface area contributed by atoms with Crippen molar-refractivity contribution in [2.24, 2.45) is 5.92 Å². The Morgan fingerprint density at radius 1 is 1.10 bits per heavy atom. The molecule has 7 heteroatoms. The smallest absolute Gasteiger partial charge is 0.289 e. The molecule has 0 aliphatic carbocycles. The van der Waals surface area contributed by atoms with E-state index in [2.05, 4.69) is 17.2 Å². The molecule has 0 radical (unpaired) electrons. The first-order valence-corrected chi connectivity index (χ1v) is 10.4. The van der Waals surface area contributed by atoms with Crippen molar-refractivity contribution < 1.29 is 14.3 Å². The van der Waals surface area contributed by atoms with Crippen LogP contribution in [0.2, 0.25) is 0 Å². The highest BCUT2D eigenvalue weighted by atomic mass is 16.5. The lowest BCUT2D eigenvalue weighted by Gasteiger charge is -2.30. The van der Waals surface area contributed by atoms with E-state index in [0.717, 1.165) is 63.2 Å². The van der Waals surface area contributed by atoms with Crippen LogP contribution in [0.1, 0.15) is 59.4 Å². The van der Waals surface area contributed by atoms with Crippen molar-refractivity contribution in [3.8, 4) is 5.75 Å². The highest BCUT2D eigenvalue weighted by Crippen LogP contribution is 2.25. The van der Waals surface area contributed by atoms with Crippen LogP contribution in [0.3, 0.4) is 0 Å². The van der Waals surface area contributed by atoms with Gasteiger partial charge < -0.3 is 19.5 Å². The molecule has 0 atom stereocenters. The maximum Gasteiger partial charge on any atom is 0.289 e. The molecule has 2 aliphatic rings. The van der Waals surface area contributed by atoms with Gasteiger partial charge in [-0.05, 0) is 62.3 Å². The topological polar surface area (TPSA) is 76.5 Å². The molecule has 3 heterocycles. The van der Waals surface area contributed by atoms with E-state index in [1.165, 1.54) is 0 Å². The summed E-state index contributed by atoms with van der Waals surface area (Å²) in [6.45, 7) is 4.48. The Bertz CT molecular complexity index is 896. The molecule has 2 aliphatic heterocycles. The monoisotopic (exact) mass is 396 g/mol. The number of carbonyl (C=O) groups excluding carboxylic acids is 2. The molecule has 2 amide bonds. The van der Waals surface area contributed by atoms with Crippen molar-refractivity contribution in [2.75, 3.05) is 25.5 Å². The number of piperidine rings is 1. The van der Waals surface area contributed by atoms with Gasteiger partial charge in [0.2, 0.25) is 0 Å². The molecule has 1 fully saturated rings. The number of hydrogen-bond acceptors (Lipinski definition) is 4. The number of fused-ring (bicyclic) bond motifs is 1. The van der Waals surface area contributed by atoms with E-state index in [1.54, 1.807) is 31.4 Å². The number of carbonyl (C=O) groups is 2. The predicted molar refractivity (Wildman–Crippen MR) is 110 cm³/mol. The Balaban J connectivity index is 1.58. The lowest BCUT2D eigenvalue weighted by Crippen LogP contribution is -2.39. The molecule has 4 rings (SSSR count). The van der Waals surface area contributed by atoms with Gasteiger partial charge in [-0.3, -0.25) is 9.59 Å². The van der Waals surface area contributed by atoms with Crippen molar-refractivity contribution >= 4 is 17.5 Å². The average molecular weight is 396 g/mol. The number of amides is 2. The standard InChI is InChI=1S/C22H28N4O3/c1-15-10-13-25(14-11-15)22(28)20-24-19(18-5-3-4-12-26(18)20)21(27)23-16-6-8-17(29-2)9-7-16/h6-9,15H,3-5,10-14H2,1-2H3,(H,23,27). The van der Waals surface area contributed by atoms with Crippen molar-refractivity contribution in [2.45, 2.75) is 45.6 Å². The van der Waals surface area contributed by atoms with E-state index >= 15 is 0 Å². The van der Waals surface area contributed by atoms with Gasteiger partial charge in [0.15, 0.2) is 11.5 Å². The van der Waals surface area contributed by atoms with Crippen LogP contribution < -0.4 is 10.1 Å². The number of ether oxygens (including phenoxy) is 1. The number of benzene rings is 1. The fraction of sp³-hybridized carbons (Fsp3) is 0.500. The first-order chi connectivity index (χ1) is 14.1. The summed E-state index contributed by atoms with van der Waals surface area (Å²) < 4.78 is 7.12. The Morgan fingerprint density at radius 2 is 1.83 bits per heavy atom. The summed E-state index contributed by atoms with van der Waals surface area (Å²) in [5, 5.41) is 2.90. The Kier molecular flexibility index (Phi) is 5.56. The number of nitrogens with zero attached hydrogens (tertiary/aromatic N) is 3. The van der Waals surface area contributed by atoms with Gasteiger partial charge in [-0.2, -0.15) is 0 Å². The molecule has 1 saturated heterocycles. The summed E-state index contributed by atoms with van der Waals surface area (Å²) in [6, 6.07) is 7.18. The molecular weight excluding hydrogens is 368 g/mol. The molecule has 154 valence electrons. The van der Waals surface area contributed by atoms with Gasteiger partial charge in [-0.25, -0.2) is 4.98 Å². The minimum atomic E-state index is -0.271. The second kappa shape index (κ2) is 8.27. The van der Waals surface area contributed by atoms with Crippen LogP contribution in [0.25, 0.3) is 0 Å². The van der Waals surface area contributed by atoms with Gasteiger partial charge in [0.25, 0.3) is 11.8 Å². The molecule has 7 nitrogen and oxygen atoms in total. The number of likely N-dealkylation sites (tertiary alicyclic amines) is 1. The van der Waals surface area contributed by atoms with Crippen molar-refractivity contribution in [3.05, 3.63) is 41.5 Å². The summed E-state index contributed by atoms with van der Waals surface area (Å²) in [4.78, 5) is 32.5. The van der Waals surface area contributed by atoms with Crippen LogP contribution in [0.5, 0.6) is 5.75 Å². The molecule has 29 heavy (non-hydrogen) atoms. The van der Waals surface area contributed by atoms with Crippen LogP contribution in [0.4, 0.5) is 5.69 Å². The number of nitrogens with one attached hydrogen (secondary N) is 1. The predicted octanol–water partition coefficient (Wildman–Crippen LogP) is 3.35. The zero-order valence-corrected chi connectivity index (χ0v) is 17.1. The first kappa shape index (κ1) is 19.5. The van der Waals surface area contributed by atoms with Crippen molar-refractivity contribution in [1.29, 1.82) is 0 Å². The zero-order valence-electron chi connectivity index (χ0n) is 17.1. The summed E-state index contributed by atoms with van der Waals surface area (Å²) in [5.74, 6) is 1.47. The lowest BCUT2D eigenvalue weighted by atomic mass is 9.99. The van der Waals surface area contributed by atoms with E-state index in [9.17, 15) is 9.59 Å². The van der Waals surface area contributed by atoms with Gasteiger partial charge in [0.05, 0.1) is 12.8 Å². The van der Waals surface area contributed by atoms with Gasteiger partial charge in [-0.1, -0.05) is 6.92 Å². The average Bonchev–Trinajstić information content (AvgIpc) is 3.14. The third-order valence-electron chi connectivity index (χ3n) is 5.94. The Hall–Kier alpha value is -2.83. The molecule has 2 aromatic rings. The highest BCUT2D eigenvalue weighted by Gasteiger charge is 2.31. The third kappa shape index (κ3) is 3.99. The van der Waals surface area contributed by atoms with E-state index < -0.39 is 0 Å². The summed E-state index contributed by atoms with van der Waals surface area (Å²) >= 11 is 0.